The number of carbonyl (C=O) groups is 2. The lowest BCUT2D eigenvalue weighted by atomic mass is 9.85. The summed E-state index contributed by atoms with van der Waals surface area (Å²) >= 11 is 0. The number of hydrogen-bond acceptors (Lipinski definition) is 7. The monoisotopic (exact) mass is 617 g/mol. The summed E-state index contributed by atoms with van der Waals surface area (Å²) in [5, 5.41) is 15.9. The zero-order valence-corrected chi connectivity index (χ0v) is 27.0. The van der Waals surface area contributed by atoms with Gasteiger partial charge in [-0.1, -0.05) is 32.1 Å². The van der Waals surface area contributed by atoms with Gasteiger partial charge < -0.3 is 24.4 Å². The van der Waals surface area contributed by atoms with E-state index >= 15 is 0 Å². The fourth-order valence-corrected chi connectivity index (χ4v) is 6.86. The number of piperazine rings is 1. The molecule has 1 N–H and O–H groups in total. The number of phenolic OH excluding ortho intramolecular Hbond substituents is 1. The number of aryl methyl sites for hydroxylation is 1. The van der Waals surface area contributed by atoms with Crippen LogP contribution in [0.4, 0.5) is 4.79 Å². The van der Waals surface area contributed by atoms with Crippen LogP contribution in [0.2, 0.25) is 0 Å². The maximum absolute atomic E-state index is 14.5. The van der Waals surface area contributed by atoms with Crippen LogP contribution in [-0.4, -0.2) is 80.1 Å². The number of hydrogen-bond donors (Lipinski definition) is 1. The van der Waals surface area contributed by atoms with E-state index in [-0.39, 0.29) is 24.0 Å². The highest BCUT2D eigenvalue weighted by Crippen LogP contribution is 2.35. The molecule has 10 nitrogen and oxygen atoms in total. The first-order valence-corrected chi connectivity index (χ1v) is 16.8. The maximum Gasteiger partial charge on any atom is 0.410 e. The van der Waals surface area contributed by atoms with E-state index in [0.717, 1.165) is 48.7 Å². The highest BCUT2D eigenvalue weighted by molar-refractivity contribution is 6.07. The molecule has 242 valence electrons. The third-order valence-corrected chi connectivity index (χ3v) is 9.29. The number of pyridine rings is 1. The molecule has 0 bridgehead atoms. The Balaban J connectivity index is 1.38. The Labute approximate surface area is 265 Å². The number of aromatic hydroxyl groups is 1. The molecule has 6 rings (SSSR count). The summed E-state index contributed by atoms with van der Waals surface area (Å²) < 4.78 is 13.7. The minimum Gasteiger partial charge on any atom is -0.508 e. The molecule has 2 aliphatic heterocycles. The number of fused-ring (bicyclic) bond motifs is 1. The third kappa shape index (κ3) is 7.27. The topological polar surface area (TPSA) is 110 Å². The molecule has 1 unspecified atom stereocenters. The Morgan fingerprint density at radius 1 is 0.956 bits per heavy atom. The predicted molar refractivity (Wildman–Crippen MR) is 172 cm³/mol. The molecule has 10 heteroatoms. The van der Waals surface area contributed by atoms with Gasteiger partial charge in [-0.3, -0.25) is 4.79 Å². The maximum atomic E-state index is 14.5. The first kappa shape index (κ1) is 31.3. The highest BCUT2D eigenvalue weighted by Gasteiger charge is 2.32. The van der Waals surface area contributed by atoms with Crippen molar-refractivity contribution in [2.24, 2.45) is 5.92 Å². The van der Waals surface area contributed by atoms with Gasteiger partial charge in [0.15, 0.2) is 11.9 Å². The number of benzene rings is 1. The van der Waals surface area contributed by atoms with E-state index in [2.05, 4.69) is 0 Å². The van der Waals surface area contributed by atoms with Crippen LogP contribution in [0.5, 0.6) is 5.75 Å². The lowest BCUT2D eigenvalue weighted by Crippen LogP contribution is -2.51. The molecule has 3 aromatic rings. The van der Waals surface area contributed by atoms with Crippen molar-refractivity contribution in [2.75, 3.05) is 32.8 Å². The normalized spacial score (nSPS) is 20.0. The van der Waals surface area contributed by atoms with Crippen LogP contribution in [-0.2, 0) is 15.9 Å². The van der Waals surface area contributed by atoms with Crippen molar-refractivity contribution >= 4 is 23.0 Å². The van der Waals surface area contributed by atoms with Crippen molar-refractivity contribution < 1.29 is 24.2 Å². The summed E-state index contributed by atoms with van der Waals surface area (Å²) in [4.78, 5) is 35.8. The van der Waals surface area contributed by atoms with Gasteiger partial charge >= 0.3 is 6.09 Å². The van der Waals surface area contributed by atoms with Gasteiger partial charge in [0, 0.05) is 38.3 Å². The Morgan fingerprint density at radius 3 is 2.31 bits per heavy atom. The number of amides is 2. The van der Waals surface area contributed by atoms with Crippen LogP contribution in [0.15, 0.2) is 30.3 Å². The van der Waals surface area contributed by atoms with Gasteiger partial charge in [0.25, 0.3) is 5.91 Å². The summed E-state index contributed by atoms with van der Waals surface area (Å²) in [5.74, 6) is 0.758. The zero-order chi connectivity index (χ0) is 31.6. The van der Waals surface area contributed by atoms with Gasteiger partial charge in [0.2, 0.25) is 0 Å². The smallest absolute Gasteiger partial charge is 0.410 e. The van der Waals surface area contributed by atoms with Crippen molar-refractivity contribution in [3.05, 3.63) is 41.6 Å². The molecule has 1 aliphatic carbocycles. The van der Waals surface area contributed by atoms with Crippen molar-refractivity contribution in [1.29, 1.82) is 0 Å². The molecule has 3 fully saturated rings. The van der Waals surface area contributed by atoms with Gasteiger partial charge in [0.05, 0.1) is 22.3 Å². The van der Waals surface area contributed by atoms with Crippen LogP contribution in [0.1, 0.15) is 101 Å². The average Bonchev–Trinajstić information content (AvgIpc) is 3.42. The Kier molecular flexibility index (Phi) is 9.31. The van der Waals surface area contributed by atoms with Gasteiger partial charge in [0.1, 0.15) is 11.4 Å². The van der Waals surface area contributed by atoms with Crippen molar-refractivity contribution in [3.8, 4) is 17.0 Å². The lowest BCUT2D eigenvalue weighted by molar-refractivity contribution is -0.0372. The first-order valence-electron chi connectivity index (χ1n) is 16.8. The molecule has 1 saturated carbocycles. The van der Waals surface area contributed by atoms with Crippen molar-refractivity contribution in [1.82, 2.24) is 24.6 Å². The first-order chi connectivity index (χ1) is 21.7. The predicted octanol–water partition coefficient (Wildman–Crippen LogP) is 6.71. The minimum atomic E-state index is -0.576. The van der Waals surface area contributed by atoms with Crippen LogP contribution in [0.3, 0.4) is 0 Å². The molecule has 3 aliphatic rings. The summed E-state index contributed by atoms with van der Waals surface area (Å²) in [7, 11) is 0. The molecular weight excluding hydrogens is 570 g/mol. The SMILES string of the molecule is CC(C)(C)OC(=O)N1CCN(C(=O)c2cc(-c3ccc(O)cc3)nc3c2c(CCC2CCCCC2)nn3C2CCCCO2)CC1. The molecule has 0 spiro atoms. The minimum absolute atomic E-state index is 0.0886. The fourth-order valence-electron chi connectivity index (χ4n) is 6.86. The molecule has 1 aromatic carbocycles. The molecule has 0 radical (unpaired) electrons. The molecule has 45 heavy (non-hydrogen) atoms. The van der Waals surface area contributed by atoms with Crippen LogP contribution in [0.25, 0.3) is 22.3 Å². The summed E-state index contributed by atoms with van der Waals surface area (Å²) in [6.45, 7) is 7.88. The van der Waals surface area contributed by atoms with Crippen LogP contribution in [0, 0.1) is 5.92 Å². The summed E-state index contributed by atoms with van der Waals surface area (Å²) in [5.41, 5.74) is 3.03. The van der Waals surface area contributed by atoms with Crippen LogP contribution >= 0.6 is 0 Å². The number of phenols is 1. The average molecular weight is 618 g/mol. The summed E-state index contributed by atoms with van der Waals surface area (Å²) in [6.07, 6.45) is 10.6. The number of rotatable bonds is 6. The molecule has 1 atom stereocenters. The number of nitrogens with zero attached hydrogens (tertiary/aromatic N) is 5. The van der Waals surface area contributed by atoms with E-state index in [1.54, 1.807) is 17.0 Å². The zero-order valence-electron chi connectivity index (χ0n) is 27.0. The molecule has 2 saturated heterocycles. The second kappa shape index (κ2) is 13.4. The molecule has 2 aromatic heterocycles. The van der Waals surface area contributed by atoms with Crippen molar-refractivity contribution in [3.63, 3.8) is 0 Å². The fraction of sp³-hybridized carbons (Fsp3) is 0.600. The molecular formula is C35H47N5O5. The second-order valence-corrected chi connectivity index (χ2v) is 13.8. The van der Waals surface area contributed by atoms with Gasteiger partial charge in [-0.05, 0) is 89.1 Å². The van der Waals surface area contributed by atoms with E-state index in [1.165, 1.54) is 32.1 Å². The standard InChI is InChI=1S/C35H47N5O5/c1-35(2,3)45-34(43)39-20-18-38(19-21-39)33(42)27-23-29(25-13-15-26(41)16-14-25)36-32-31(27)28(17-12-24-9-5-4-6-10-24)37-40(32)30-11-7-8-22-44-30/h13-16,23-24,30,41H,4-12,17-22H2,1-3H3. The number of carbonyl (C=O) groups excluding carboxylic acids is 2. The van der Waals surface area contributed by atoms with E-state index in [9.17, 15) is 14.7 Å². The van der Waals surface area contributed by atoms with E-state index in [4.69, 9.17) is 19.6 Å². The molecule has 2 amide bonds. The van der Waals surface area contributed by atoms with Gasteiger partial charge in [-0.25, -0.2) is 14.5 Å². The van der Waals surface area contributed by atoms with Crippen molar-refractivity contribution in [2.45, 2.75) is 96.8 Å². The highest BCUT2D eigenvalue weighted by atomic mass is 16.6. The van der Waals surface area contributed by atoms with Crippen LogP contribution < -0.4 is 0 Å². The Hall–Kier alpha value is -3.66. The van der Waals surface area contributed by atoms with E-state index in [0.29, 0.717) is 55.6 Å². The Bertz CT molecular complexity index is 1490. The number of ether oxygens (including phenoxy) is 2. The Morgan fingerprint density at radius 2 is 1.64 bits per heavy atom. The molecule has 4 heterocycles. The van der Waals surface area contributed by atoms with E-state index < -0.39 is 5.60 Å². The van der Waals surface area contributed by atoms with Gasteiger partial charge in [-0.15, -0.1) is 0 Å². The quantitative estimate of drug-likeness (QED) is 0.327. The number of aromatic nitrogens is 3. The second-order valence-electron chi connectivity index (χ2n) is 13.8. The third-order valence-electron chi connectivity index (χ3n) is 9.29. The lowest BCUT2D eigenvalue weighted by Gasteiger charge is -2.35. The van der Waals surface area contributed by atoms with E-state index in [1.807, 2.05) is 48.6 Å². The summed E-state index contributed by atoms with van der Waals surface area (Å²) in [6, 6.07) is 8.79. The largest absolute Gasteiger partial charge is 0.508 e. The van der Waals surface area contributed by atoms with Gasteiger partial charge in [-0.2, -0.15) is 5.10 Å².